The number of aromatic nitrogens is 5. The van der Waals surface area contributed by atoms with Crippen molar-refractivity contribution in [1.29, 1.82) is 0 Å². The second-order valence-corrected chi connectivity index (χ2v) is 7.52. The number of amides is 1. The van der Waals surface area contributed by atoms with Crippen molar-refractivity contribution in [1.82, 2.24) is 30.7 Å². The Balaban J connectivity index is 1.59. The van der Waals surface area contributed by atoms with Gasteiger partial charge in [-0.15, -0.1) is 5.10 Å². The molecule has 0 aliphatic rings. The molecule has 0 aliphatic carbocycles. The van der Waals surface area contributed by atoms with Gasteiger partial charge in [-0.1, -0.05) is 22.9 Å². The molecule has 11 nitrogen and oxygen atoms in total. The van der Waals surface area contributed by atoms with Gasteiger partial charge >= 0.3 is 0 Å². The molecule has 0 unspecified atom stereocenters. The van der Waals surface area contributed by atoms with E-state index in [1.807, 2.05) is 32.9 Å². The highest BCUT2D eigenvalue weighted by Gasteiger charge is 2.24. The Hall–Kier alpha value is -4.61. The van der Waals surface area contributed by atoms with Crippen molar-refractivity contribution in [3.8, 4) is 11.6 Å². The van der Waals surface area contributed by atoms with Crippen LogP contribution in [0.5, 0.6) is 5.75 Å². The molecule has 12 heteroatoms. The number of carbonyl (C=O) groups excluding carboxylic acids is 1. The van der Waals surface area contributed by atoms with Crippen molar-refractivity contribution < 1.29 is 18.6 Å². The molecule has 0 atom stereocenters. The van der Waals surface area contributed by atoms with Gasteiger partial charge in [-0.2, -0.15) is 9.78 Å². The molecule has 0 saturated heterocycles. The lowest BCUT2D eigenvalue weighted by Crippen LogP contribution is -2.21. The van der Waals surface area contributed by atoms with Crippen molar-refractivity contribution in [2.75, 3.05) is 5.73 Å². The number of nitrogen functional groups attached to an aromatic ring is 1. The summed E-state index contributed by atoms with van der Waals surface area (Å²) in [5, 5.41) is 19.2. The molecule has 4 rings (SSSR count). The maximum absolute atomic E-state index is 13.2. The second-order valence-electron chi connectivity index (χ2n) is 7.52. The highest BCUT2D eigenvalue weighted by Crippen LogP contribution is 2.19. The normalized spacial score (nSPS) is 11.2. The Labute approximate surface area is 193 Å². The van der Waals surface area contributed by atoms with Gasteiger partial charge in [0.1, 0.15) is 23.9 Å². The van der Waals surface area contributed by atoms with Crippen molar-refractivity contribution in [2.45, 2.75) is 27.4 Å². The Morgan fingerprint density at radius 3 is 2.56 bits per heavy atom. The van der Waals surface area contributed by atoms with Gasteiger partial charge in [0.15, 0.2) is 5.69 Å². The molecule has 0 spiro atoms. The smallest absolute Gasteiger partial charge is 0.293 e. The lowest BCUT2D eigenvalue weighted by molar-refractivity contribution is 0.0947. The van der Waals surface area contributed by atoms with Crippen LogP contribution in [-0.2, 0) is 6.61 Å². The summed E-state index contributed by atoms with van der Waals surface area (Å²) in [7, 11) is 0. The number of carbonyl (C=O) groups is 1. The zero-order chi connectivity index (χ0) is 24.2. The molecule has 0 saturated carbocycles. The summed E-state index contributed by atoms with van der Waals surface area (Å²) < 4.78 is 24.7. The fourth-order valence-corrected chi connectivity index (χ4v) is 3.40. The van der Waals surface area contributed by atoms with Crippen LogP contribution in [0.15, 0.2) is 46.1 Å². The SMILES string of the molecule is Cc1cc(C)c(/C=N/NC(=O)c2nnn(-c3nonc3N)c2COc2ccc(F)cc2)c(C)c1. The summed E-state index contributed by atoms with van der Waals surface area (Å²) in [5.74, 6) is -0.674. The van der Waals surface area contributed by atoms with E-state index in [-0.39, 0.29) is 29.6 Å². The number of nitrogens with zero attached hydrogens (tertiary/aromatic N) is 6. The number of hydrazone groups is 1. The monoisotopic (exact) mass is 464 g/mol. The van der Waals surface area contributed by atoms with Crippen LogP contribution in [0.25, 0.3) is 5.82 Å². The number of benzene rings is 2. The van der Waals surface area contributed by atoms with E-state index in [2.05, 4.69) is 35.8 Å². The quantitative estimate of drug-likeness (QED) is 0.313. The maximum Gasteiger partial charge on any atom is 0.293 e. The van der Waals surface area contributed by atoms with Crippen molar-refractivity contribution >= 4 is 17.9 Å². The predicted octanol–water partition coefficient (Wildman–Crippen LogP) is 2.64. The van der Waals surface area contributed by atoms with Crippen LogP contribution in [0.3, 0.4) is 0 Å². The zero-order valence-electron chi connectivity index (χ0n) is 18.6. The van der Waals surface area contributed by atoms with Crippen LogP contribution >= 0.6 is 0 Å². The average Bonchev–Trinajstić information content (AvgIpc) is 3.40. The van der Waals surface area contributed by atoms with E-state index < -0.39 is 11.7 Å². The number of halogens is 1. The van der Waals surface area contributed by atoms with Crippen LogP contribution < -0.4 is 15.9 Å². The number of nitrogens with one attached hydrogen (secondary N) is 1. The lowest BCUT2D eigenvalue weighted by Gasteiger charge is -2.08. The van der Waals surface area contributed by atoms with Gasteiger partial charge in [0.2, 0.25) is 11.6 Å². The van der Waals surface area contributed by atoms with Crippen molar-refractivity contribution in [3.63, 3.8) is 0 Å². The molecule has 0 fully saturated rings. The molecule has 0 bridgehead atoms. The molecule has 0 aliphatic heterocycles. The fourth-order valence-electron chi connectivity index (χ4n) is 3.40. The lowest BCUT2D eigenvalue weighted by atomic mass is 10.0. The minimum Gasteiger partial charge on any atom is -0.487 e. The molecule has 174 valence electrons. The summed E-state index contributed by atoms with van der Waals surface area (Å²) >= 11 is 0. The Kier molecular flexibility index (Phi) is 6.30. The molecule has 34 heavy (non-hydrogen) atoms. The van der Waals surface area contributed by atoms with Crippen LogP contribution in [0.1, 0.15) is 38.4 Å². The Bertz CT molecular complexity index is 1340. The number of hydrogen-bond acceptors (Lipinski definition) is 9. The number of rotatable bonds is 7. The predicted molar refractivity (Wildman–Crippen MR) is 120 cm³/mol. The van der Waals surface area contributed by atoms with Crippen LogP contribution in [-0.4, -0.2) is 37.4 Å². The van der Waals surface area contributed by atoms with Gasteiger partial charge in [0.05, 0.1) is 6.21 Å². The second kappa shape index (κ2) is 9.48. The van der Waals surface area contributed by atoms with Crippen LogP contribution in [0, 0.1) is 26.6 Å². The third-order valence-corrected chi connectivity index (χ3v) is 4.96. The van der Waals surface area contributed by atoms with Gasteiger partial charge in [0.25, 0.3) is 5.91 Å². The highest BCUT2D eigenvalue weighted by molar-refractivity contribution is 5.94. The molecular formula is C22H21FN8O3. The van der Waals surface area contributed by atoms with E-state index in [0.29, 0.717) is 5.75 Å². The van der Waals surface area contributed by atoms with Crippen LogP contribution in [0.2, 0.25) is 0 Å². The first-order chi connectivity index (χ1) is 16.3. The topological polar surface area (TPSA) is 146 Å². The first kappa shape index (κ1) is 22.6. The fraction of sp³-hybridized carbons (Fsp3) is 0.182. The van der Waals surface area contributed by atoms with Gasteiger partial charge in [-0.25, -0.2) is 14.4 Å². The molecule has 4 aromatic rings. The molecule has 2 aromatic heterocycles. The molecule has 0 radical (unpaired) electrons. The number of ether oxygens (including phenoxy) is 1. The summed E-state index contributed by atoms with van der Waals surface area (Å²) in [5.41, 5.74) is 12.5. The third-order valence-electron chi connectivity index (χ3n) is 4.96. The molecule has 1 amide bonds. The van der Waals surface area contributed by atoms with Gasteiger partial charge < -0.3 is 10.5 Å². The molecule has 3 N–H and O–H groups in total. The third kappa shape index (κ3) is 4.75. The first-order valence-electron chi connectivity index (χ1n) is 10.2. The minimum atomic E-state index is -0.627. The molecule has 2 aromatic carbocycles. The van der Waals surface area contributed by atoms with E-state index in [1.54, 1.807) is 6.21 Å². The maximum atomic E-state index is 13.2. The largest absolute Gasteiger partial charge is 0.487 e. The molecule has 2 heterocycles. The van der Waals surface area contributed by atoms with Gasteiger partial charge in [-0.05, 0) is 66.5 Å². The zero-order valence-corrected chi connectivity index (χ0v) is 18.6. The van der Waals surface area contributed by atoms with Gasteiger partial charge in [0, 0.05) is 5.56 Å². The van der Waals surface area contributed by atoms with E-state index in [0.717, 1.165) is 22.3 Å². The standard InChI is InChI=1S/C22H21FN8O3/c1-12-8-13(2)17(14(3)9-12)10-25-27-22(32)19-18(11-33-16-6-4-15(23)5-7-16)31(30-26-19)21-20(24)28-34-29-21/h4-10H,11H2,1-3H3,(H2,24,28)(H,27,32)/b25-10+. The van der Waals surface area contributed by atoms with Crippen molar-refractivity contribution in [2.24, 2.45) is 5.10 Å². The van der Waals surface area contributed by atoms with E-state index in [1.165, 1.54) is 28.9 Å². The Morgan fingerprint density at radius 1 is 1.21 bits per heavy atom. The number of aryl methyl sites for hydroxylation is 3. The summed E-state index contributed by atoms with van der Waals surface area (Å²) in [6, 6.07) is 9.47. The van der Waals surface area contributed by atoms with Crippen LogP contribution in [0.4, 0.5) is 10.2 Å². The summed E-state index contributed by atoms with van der Waals surface area (Å²) in [6.07, 6.45) is 1.57. The number of anilines is 1. The Morgan fingerprint density at radius 2 is 1.91 bits per heavy atom. The van der Waals surface area contributed by atoms with Crippen molar-refractivity contribution in [3.05, 3.63) is 75.9 Å². The average molecular weight is 464 g/mol. The first-order valence-corrected chi connectivity index (χ1v) is 10.2. The molecular weight excluding hydrogens is 443 g/mol. The van der Waals surface area contributed by atoms with E-state index >= 15 is 0 Å². The van der Waals surface area contributed by atoms with E-state index in [9.17, 15) is 9.18 Å². The van der Waals surface area contributed by atoms with E-state index in [4.69, 9.17) is 10.5 Å². The van der Waals surface area contributed by atoms with Gasteiger partial charge in [-0.3, -0.25) is 4.79 Å². The number of nitrogens with two attached hydrogens (primary N) is 1. The number of hydrogen-bond donors (Lipinski definition) is 2. The minimum absolute atomic E-state index is 0.0404. The highest BCUT2D eigenvalue weighted by atomic mass is 19.1. The summed E-state index contributed by atoms with van der Waals surface area (Å²) in [6.45, 7) is 5.79. The summed E-state index contributed by atoms with van der Waals surface area (Å²) in [4.78, 5) is 12.9.